The minimum absolute atomic E-state index is 0.0983. The maximum atomic E-state index is 12.5. The number of nitrogens with zero attached hydrogens (tertiary/aromatic N) is 5. The van der Waals surface area contributed by atoms with Crippen molar-refractivity contribution in [2.45, 2.75) is 44.8 Å². The molecule has 3 rings (SSSR count). The zero-order valence-corrected chi connectivity index (χ0v) is 14.4. The van der Waals surface area contributed by atoms with Crippen LogP contribution >= 0.6 is 0 Å². The van der Waals surface area contributed by atoms with Crippen molar-refractivity contribution in [3.05, 3.63) is 34.9 Å². The monoisotopic (exact) mass is 331 g/mol. The molecule has 1 amide bonds. The van der Waals surface area contributed by atoms with Crippen LogP contribution in [0.5, 0.6) is 0 Å². The number of pyridine rings is 1. The summed E-state index contributed by atoms with van der Waals surface area (Å²) in [7, 11) is 3.73. The van der Waals surface area contributed by atoms with E-state index in [1.54, 1.807) is 18.3 Å². The fourth-order valence-corrected chi connectivity index (χ4v) is 3.35. The van der Waals surface area contributed by atoms with Crippen molar-refractivity contribution in [2.75, 3.05) is 20.6 Å². The lowest BCUT2D eigenvalue weighted by Crippen LogP contribution is -2.44. The summed E-state index contributed by atoms with van der Waals surface area (Å²) in [6, 6.07) is 5.79. The highest BCUT2D eigenvalue weighted by molar-refractivity contribution is 5.78. The van der Waals surface area contributed by atoms with Gasteiger partial charge in [-0.1, -0.05) is 25.3 Å². The summed E-state index contributed by atoms with van der Waals surface area (Å²) in [5.41, 5.74) is 0.423. The lowest BCUT2D eigenvalue weighted by molar-refractivity contribution is -0.133. The van der Waals surface area contributed by atoms with Crippen LogP contribution < -0.4 is 5.69 Å². The van der Waals surface area contributed by atoms with E-state index in [0.717, 1.165) is 12.8 Å². The molecule has 24 heavy (non-hydrogen) atoms. The van der Waals surface area contributed by atoms with Gasteiger partial charge in [-0.3, -0.25) is 14.1 Å². The molecule has 2 aromatic heterocycles. The Morgan fingerprint density at radius 3 is 2.71 bits per heavy atom. The Morgan fingerprint density at radius 2 is 2.00 bits per heavy atom. The first kappa shape index (κ1) is 16.7. The quantitative estimate of drug-likeness (QED) is 0.825. The van der Waals surface area contributed by atoms with Crippen LogP contribution in [0.2, 0.25) is 0 Å². The molecule has 130 valence electrons. The van der Waals surface area contributed by atoms with E-state index in [1.807, 2.05) is 30.0 Å². The molecule has 1 aliphatic carbocycles. The third-order valence-electron chi connectivity index (χ3n) is 4.78. The van der Waals surface area contributed by atoms with Crippen LogP contribution in [0.25, 0.3) is 5.65 Å². The van der Waals surface area contributed by atoms with Gasteiger partial charge in [0.1, 0.15) is 0 Å². The van der Waals surface area contributed by atoms with E-state index in [0.29, 0.717) is 18.4 Å². The minimum atomic E-state index is -0.189. The molecule has 7 nitrogen and oxygen atoms in total. The smallest absolute Gasteiger partial charge is 0.342 e. The molecule has 2 aromatic rings. The first-order valence-electron chi connectivity index (χ1n) is 8.54. The van der Waals surface area contributed by atoms with Gasteiger partial charge in [-0.2, -0.15) is 4.68 Å². The third-order valence-corrected chi connectivity index (χ3v) is 4.78. The minimum Gasteiger partial charge on any atom is -0.342 e. The number of hydrogen-bond donors (Lipinski definition) is 0. The van der Waals surface area contributed by atoms with Gasteiger partial charge in [-0.25, -0.2) is 4.79 Å². The Bertz CT molecular complexity index is 760. The zero-order chi connectivity index (χ0) is 17.1. The van der Waals surface area contributed by atoms with E-state index < -0.39 is 0 Å². The molecule has 2 heterocycles. The lowest BCUT2D eigenvalue weighted by atomic mass is 9.94. The summed E-state index contributed by atoms with van der Waals surface area (Å²) in [6.07, 6.45) is 7.57. The summed E-state index contributed by atoms with van der Waals surface area (Å²) >= 11 is 0. The fraction of sp³-hybridized carbons (Fsp3) is 0.588. The Labute approximate surface area is 141 Å². The molecule has 0 spiro atoms. The Hall–Kier alpha value is -2.15. The van der Waals surface area contributed by atoms with Gasteiger partial charge in [0.25, 0.3) is 0 Å². The second kappa shape index (κ2) is 7.17. The van der Waals surface area contributed by atoms with Crippen molar-refractivity contribution < 1.29 is 4.79 Å². The van der Waals surface area contributed by atoms with E-state index in [1.165, 1.54) is 28.3 Å². The molecule has 0 aromatic carbocycles. The first-order chi connectivity index (χ1) is 11.6. The molecular weight excluding hydrogens is 306 g/mol. The number of hydrogen-bond acceptors (Lipinski definition) is 4. The van der Waals surface area contributed by atoms with Crippen LogP contribution in [0.1, 0.15) is 32.1 Å². The Morgan fingerprint density at radius 1 is 1.25 bits per heavy atom. The molecule has 0 unspecified atom stereocenters. The maximum absolute atomic E-state index is 12.5. The van der Waals surface area contributed by atoms with Gasteiger partial charge in [0.15, 0.2) is 5.65 Å². The van der Waals surface area contributed by atoms with Crippen LogP contribution in [-0.4, -0.2) is 56.6 Å². The van der Waals surface area contributed by atoms with E-state index in [2.05, 4.69) is 5.10 Å². The van der Waals surface area contributed by atoms with Gasteiger partial charge >= 0.3 is 5.69 Å². The number of carbonyl (C=O) groups excluding carboxylic acids is 1. The highest BCUT2D eigenvalue weighted by atomic mass is 16.2. The average molecular weight is 331 g/mol. The second-order valence-corrected chi connectivity index (χ2v) is 6.66. The second-order valence-electron chi connectivity index (χ2n) is 6.66. The molecule has 1 fully saturated rings. The summed E-state index contributed by atoms with van der Waals surface area (Å²) < 4.78 is 2.90. The van der Waals surface area contributed by atoms with Gasteiger partial charge in [-0.15, -0.1) is 5.10 Å². The average Bonchev–Trinajstić information content (AvgIpc) is 2.91. The number of fused-ring (bicyclic) bond motifs is 1. The molecule has 0 bridgehead atoms. The number of likely N-dealkylation sites (N-methyl/N-ethyl adjacent to an activating group) is 2. The molecule has 7 heteroatoms. The SMILES string of the molecule is CN(CC(=O)N(C)C1CCCCC1)Cn1nc2ccccn2c1=O. The largest absolute Gasteiger partial charge is 0.351 e. The van der Waals surface area contributed by atoms with Gasteiger partial charge in [0, 0.05) is 19.3 Å². The predicted octanol–water partition coefficient (Wildman–Crippen LogP) is 1.18. The van der Waals surface area contributed by atoms with Gasteiger partial charge in [0.2, 0.25) is 5.91 Å². The van der Waals surface area contributed by atoms with Crippen molar-refractivity contribution in [1.82, 2.24) is 24.0 Å². The van der Waals surface area contributed by atoms with Crippen molar-refractivity contribution in [2.24, 2.45) is 0 Å². The predicted molar refractivity (Wildman–Crippen MR) is 91.7 cm³/mol. The molecule has 0 aliphatic heterocycles. The molecule has 1 aliphatic rings. The number of amides is 1. The van der Waals surface area contributed by atoms with Crippen LogP contribution in [-0.2, 0) is 11.5 Å². The highest BCUT2D eigenvalue weighted by Crippen LogP contribution is 2.21. The van der Waals surface area contributed by atoms with Gasteiger partial charge < -0.3 is 4.90 Å². The first-order valence-corrected chi connectivity index (χ1v) is 8.54. The van der Waals surface area contributed by atoms with Crippen molar-refractivity contribution in [1.29, 1.82) is 0 Å². The van der Waals surface area contributed by atoms with Crippen LogP contribution in [0.4, 0.5) is 0 Å². The Balaban J connectivity index is 1.61. The summed E-state index contributed by atoms with van der Waals surface area (Å²) in [5, 5.41) is 4.29. The maximum Gasteiger partial charge on any atom is 0.351 e. The van der Waals surface area contributed by atoms with Gasteiger partial charge in [0.05, 0.1) is 13.2 Å². The van der Waals surface area contributed by atoms with E-state index >= 15 is 0 Å². The van der Waals surface area contributed by atoms with Crippen molar-refractivity contribution >= 4 is 11.6 Å². The summed E-state index contributed by atoms with van der Waals surface area (Å²) in [5.74, 6) is 0.0983. The normalized spacial score (nSPS) is 16.0. The summed E-state index contributed by atoms with van der Waals surface area (Å²) in [4.78, 5) is 28.4. The highest BCUT2D eigenvalue weighted by Gasteiger charge is 2.23. The Kier molecular flexibility index (Phi) is 4.99. The molecule has 1 saturated carbocycles. The van der Waals surface area contributed by atoms with Crippen LogP contribution in [0.15, 0.2) is 29.2 Å². The van der Waals surface area contributed by atoms with E-state index in [9.17, 15) is 9.59 Å². The molecule has 0 radical (unpaired) electrons. The summed E-state index contributed by atoms with van der Waals surface area (Å²) in [6.45, 7) is 0.581. The third kappa shape index (κ3) is 3.51. The number of aromatic nitrogens is 3. The van der Waals surface area contributed by atoms with Gasteiger partial charge in [-0.05, 0) is 32.0 Å². The zero-order valence-electron chi connectivity index (χ0n) is 14.4. The van der Waals surface area contributed by atoms with Crippen LogP contribution in [0, 0.1) is 0 Å². The topological polar surface area (TPSA) is 62.9 Å². The van der Waals surface area contributed by atoms with Crippen molar-refractivity contribution in [3.8, 4) is 0 Å². The molecule has 0 saturated heterocycles. The lowest BCUT2D eigenvalue weighted by Gasteiger charge is -2.32. The molecule has 0 atom stereocenters. The van der Waals surface area contributed by atoms with Crippen LogP contribution in [0.3, 0.4) is 0 Å². The van der Waals surface area contributed by atoms with E-state index in [-0.39, 0.29) is 18.1 Å². The number of carbonyl (C=O) groups is 1. The van der Waals surface area contributed by atoms with E-state index in [4.69, 9.17) is 0 Å². The molecule has 0 N–H and O–H groups in total. The standard InChI is InChI=1S/C17H25N5O2/c1-19(12-16(23)20(2)14-8-4-3-5-9-14)13-22-17(24)21-11-7-6-10-15(21)18-22/h6-7,10-11,14H,3-5,8-9,12-13H2,1-2H3. The fourth-order valence-electron chi connectivity index (χ4n) is 3.35. The number of rotatable bonds is 5. The van der Waals surface area contributed by atoms with Crippen molar-refractivity contribution in [3.63, 3.8) is 0 Å². The molecular formula is C17H25N5O2.